The lowest BCUT2D eigenvalue weighted by Gasteiger charge is -2.23. The Hall–Kier alpha value is -1.88. The van der Waals surface area contributed by atoms with Gasteiger partial charge in [0, 0.05) is 23.2 Å². The van der Waals surface area contributed by atoms with E-state index in [2.05, 4.69) is 5.16 Å². The quantitative estimate of drug-likeness (QED) is 0.815. The summed E-state index contributed by atoms with van der Waals surface area (Å²) in [6.07, 6.45) is 1.66. The first-order valence-electron chi connectivity index (χ1n) is 8.16. The molecule has 1 aromatic heterocycles. The predicted molar refractivity (Wildman–Crippen MR) is 89.4 cm³/mol. The molecular weight excluding hydrogens is 331 g/mol. The number of aromatic nitrogens is 1. The molecule has 0 aliphatic carbocycles. The number of nitrogens with zero attached hydrogens (tertiary/aromatic N) is 2. The summed E-state index contributed by atoms with van der Waals surface area (Å²) in [6.45, 7) is 4.71. The van der Waals surface area contributed by atoms with Crippen molar-refractivity contribution in [3.05, 3.63) is 52.1 Å². The molecule has 6 heteroatoms. The minimum Gasteiger partial charge on any atom is -0.359 e. The number of benzene rings is 1. The molecular formula is C18H20ClFN2O2. The lowest BCUT2D eigenvalue weighted by Crippen LogP contribution is -2.32. The van der Waals surface area contributed by atoms with Crippen LogP contribution in [0, 0.1) is 5.82 Å². The monoisotopic (exact) mass is 350 g/mol. The Morgan fingerprint density at radius 3 is 2.96 bits per heavy atom. The van der Waals surface area contributed by atoms with E-state index in [1.54, 1.807) is 11.0 Å². The van der Waals surface area contributed by atoms with E-state index in [0.29, 0.717) is 12.3 Å². The Kier molecular flexibility index (Phi) is 4.90. The van der Waals surface area contributed by atoms with Crippen LogP contribution in [-0.4, -0.2) is 22.5 Å². The van der Waals surface area contributed by atoms with Crippen molar-refractivity contribution in [2.24, 2.45) is 0 Å². The topological polar surface area (TPSA) is 46.3 Å². The van der Waals surface area contributed by atoms with Gasteiger partial charge in [-0.2, -0.15) is 0 Å². The fraction of sp³-hybridized carbons (Fsp3) is 0.444. The minimum atomic E-state index is -0.451. The highest BCUT2D eigenvalue weighted by molar-refractivity contribution is 6.31. The van der Waals surface area contributed by atoms with Gasteiger partial charge in [0.2, 0.25) is 5.91 Å². The average Bonchev–Trinajstić information content (AvgIpc) is 3.18. The molecule has 2 heterocycles. The van der Waals surface area contributed by atoms with E-state index >= 15 is 0 Å². The van der Waals surface area contributed by atoms with Crippen molar-refractivity contribution in [3.8, 4) is 0 Å². The van der Waals surface area contributed by atoms with Crippen LogP contribution < -0.4 is 0 Å². The van der Waals surface area contributed by atoms with Gasteiger partial charge in [0.25, 0.3) is 0 Å². The number of carbonyl (C=O) groups is 1. The van der Waals surface area contributed by atoms with Crippen molar-refractivity contribution in [3.63, 3.8) is 0 Å². The third-order valence-corrected chi connectivity index (χ3v) is 4.78. The number of hydrogen-bond acceptors (Lipinski definition) is 3. The van der Waals surface area contributed by atoms with Gasteiger partial charge in [-0.15, -0.1) is 0 Å². The van der Waals surface area contributed by atoms with E-state index in [1.807, 2.05) is 19.9 Å². The van der Waals surface area contributed by atoms with Gasteiger partial charge in [0.15, 0.2) is 5.76 Å². The first kappa shape index (κ1) is 17.0. The van der Waals surface area contributed by atoms with Gasteiger partial charge in [-0.05, 0) is 30.9 Å². The molecule has 1 saturated heterocycles. The summed E-state index contributed by atoms with van der Waals surface area (Å²) in [4.78, 5) is 14.4. The highest BCUT2D eigenvalue weighted by atomic mass is 35.5. The molecule has 2 aromatic rings. The van der Waals surface area contributed by atoms with E-state index in [0.717, 1.165) is 18.5 Å². The number of hydrogen-bond donors (Lipinski definition) is 0. The summed E-state index contributed by atoms with van der Waals surface area (Å²) in [6, 6.07) is 6.23. The van der Waals surface area contributed by atoms with Crippen LogP contribution in [-0.2, 0) is 11.2 Å². The molecule has 1 amide bonds. The maximum Gasteiger partial charge on any atom is 0.227 e. The molecule has 0 unspecified atom stereocenters. The molecule has 3 rings (SSSR count). The van der Waals surface area contributed by atoms with Crippen molar-refractivity contribution < 1.29 is 13.7 Å². The second-order valence-corrected chi connectivity index (χ2v) is 6.84. The Morgan fingerprint density at radius 1 is 1.50 bits per heavy atom. The number of carbonyl (C=O) groups excluding carboxylic acids is 1. The van der Waals surface area contributed by atoms with Crippen LogP contribution in [0.4, 0.5) is 4.39 Å². The second-order valence-electron chi connectivity index (χ2n) is 6.43. The van der Waals surface area contributed by atoms with Crippen LogP contribution in [0.15, 0.2) is 28.8 Å². The van der Waals surface area contributed by atoms with Gasteiger partial charge in [-0.3, -0.25) is 4.79 Å². The summed E-state index contributed by atoms with van der Waals surface area (Å²) in [5.41, 5.74) is 1.12. The predicted octanol–water partition coefficient (Wildman–Crippen LogP) is 4.50. The van der Waals surface area contributed by atoms with Gasteiger partial charge in [0.1, 0.15) is 5.82 Å². The van der Waals surface area contributed by atoms with Crippen molar-refractivity contribution in [1.82, 2.24) is 10.1 Å². The third kappa shape index (κ3) is 3.31. The number of likely N-dealkylation sites (tertiary alicyclic amines) is 1. The first-order valence-corrected chi connectivity index (χ1v) is 8.54. The molecule has 128 valence electrons. The van der Waals surface area contributed by atoms with Gasteiger partial charge in [-0.1, -0.05) is 36.7 Å². The molecule has 0 saturated carbocycles. The average molecular weight is 351 g/mol. The molecule has 0 radical (unpaired) electrons. The highest BCUT2D eigenvalue weighted by Crippen LogP contribution is 2.34. The standard InChI is InChI=1S/C18H20ClFN2O2/c1-11(2)15-10-17(24-21-15)16-7-4-8-22(16)18(23)9-12-13(19)5-3-6-14(12)20/h3,5-6,10-11,16H,4,7-9H2,1-2H3/t16-/m1/s1. The Balaban J connectivity index is 1.78. The molecule has 1 fully saturated rings. The third-order valence-electron chi connectivity index (χ3n) is 4.43. The number of amides is 1. The van der Waals surface area contributed by atoms with Crippen molar-refractivity contribution in [2.75, 3.05) is 6.54 Å². The summed E-state index contributed by atoms with van der Waals surface area (Å²) in [5.74, 6) is 0.370. The fourth-order valence-electron chi connectivity index (χ4n) is 3.05. The SMILES string of the molecule is CC(C)c1cc([C@H]2CCCN2C(=O)Cc2c(F)cccc2Cl)on1. The van der Waals surface area contributed by atoms with Gasteiger partial charge in [0.05, 0.1) is 18.2 Å². The van der Waals surface area contributed by atoms with Crippen LogP contribution in [0.1, 0.15) is 55.7 Å². The Bertz CT molecular complexity index is 724. The molecule has 0 spiro atoms. The maximum absolute atomic E-state index is 13.9. The molecule has 24 heavy (non-hydrogen) atoms. The lowest BCUT2D eigenvalue weighted by atomic mass is 10.1. The minimum absolute atomic E-state index is 0.0484. The van der Waals surface area contributed by atoms with Crippen LogP contribution in [0.3, 0.4) is 0 Å². The van der Waals surface area contributed by atoms with E-state index < -0.39 is 5.82 Å². The van der Waals surface area contributed by atoms with Gasteiger partial charge in [-0.25, -0.2) is 4.39 Å². The van der Waals surface area contributed by atoms with Crippen LogP contribution in [0.5, 0.6) is 0 Å². The zero-order chi connectivity index (χ0) is 17.3. The van der Waals surface area contributed by atoms with E-state index in [1.165, 1.54) is 12.1 Å². The molecule has 0 bridgehead atoms. The molecule has 1 aromatic carbocycles. The van der Waals surface area contributed by atoms with Crippen LogP contribution in [0.25, 0.3) is 0 Å². The molecule has 1 aliphatic rings. The summed E-state index contributed by atoms with van der Waals surface area (Å²) in [5, 5.41) is 4.35. The molecule has 0 N–H and O–H groups in total. The van der Waals surface area contributed by atoms with Gasteiger partial charge >= 0.3 is 0 Å². The normalized spacial score (nSPS) is 17.7. The summed E-state index contributed by atoms with van der Waals surface area (Å²) in [7, 11) is 0. The Labute approximate surface area is 145 Å². The summed E-state index contributed by atoms with van der Waals surface area (Å²) >= 11 is 6.03. The number of halogens is 2. The number of rotatable bonds is 4. The van der Waals surface area contributed by atoms with Crippen molar-refractivity contribution >= 4 is 17.5 Å². The van der Waals surface area contributed by atoms with Gasteiger partial charge < -0.3 is 9.42 Å². The van der Waals surface area contributed by atoms with E-state index in [4.69, 9.17) is 16.1 Å². The zero-order valence-corrected chi connectivity index (χ0v) is 14.5. The van der Waals surface area contributed by atoms with Crippen molar-refractivity contribution in [1.29, 1.82) is 0 Å². The molecule has 1 aliphatic heterocycles. The summed E-state index contributed by atoms with van der Waals surface area (Å²) < 4.78 is 19.4. The first-order chi connectivity index (χ1) is 11.5. The zero-order valence-electron chi connectivity index (χ0n) is 13.8. The second kappa shape index (κ2) is 6.93. The fourth-order valence-corrected chi connectivity index (χ4v) is 3.28. The Morgan fingerprint density at radius 2 is 2.29 bits per heavy atom. The van der Waals surface area contributed by atoms with Crippen molar-refractivity contribution in [2.45, 2.75) is 45.1 Å². The van der Waals surface area contributed by atoms with E-state index in [-0.39, 0.29) is 34.9 Å². The van der Waals surface area contributed by atoms with Crippen LogP contribution >= 0.6 is 11.6 Å². The largest absolute Gasteiger partial charge is 0.359 e. The van der Waals surface area contributed by atoms with E-state index in [9.17, 15) is 9.18 Å². The molecule has 1 atom stereocenters. The maximum atomic E-state index is 13.9. The smallest absolute Gasteiger partial charge is 0.227 e. The van der Waals surface area contributed by atoms with Crippen LogP contribution in [0.2, 0.25) is 5.02 Å². The lowest BCUT2D eigenvalue weighted by molar-refractivity contribution is -0.131. The molecule has 4 nitrogen and oxygen atoms in total. The highest BCUT2D eigenvalue weighted by Gasteiger charge is 2.33.